The van der Waals surface area contributed by atoms with Crippen molar-refractivity contribution in [3.63, 3.8) is 0 Å². The number of aryl methyl sites for hydroxylation is 1. The predicted octanol–water partition coefficient (Wildman–Crippen LogP) is 3.78. The van der Waals surface area contributed by atoms with Gasteiger partial charge in [0.1, 0.15) is 0 Å². The molecule has 0 aliphatic rings. The van der Waals surface area contributed by atoms with Crippen LogP contribution in [0.2, 0.25) is 0 Å². The van der Waals surface area contributed by atoms with Gasteiger partial charge in [0.2, 0.25) is 0 Å². The number of hydrogen-bond acceptors (Lipinski definition) is 2. The molecule has 1 unspecified atom stereocenters. The van der Waals surface area contributed by atoms with Crippen LogP contribution < -0.4 is 5.32 Å². The minimum Gasteiger partial charge on any atom is -0.303 e. The van der Waals surface area contributed by atoms with E-state index in [1.807, 2.05) is 6.92 Å². The van der Waals surface area contributed by atoms with Gasteiger partial charge in [-0.25, -0.2) is 0 Å². The molecule has 0 radical (unpaired) electrons. The first-order valence-electron chi connectivity index (χ1n) is 9.43. The second-order valence-corrected chi connectivity index (χ2v) is 4.22. The molecule has 2 aromatic carbocycles. The third kappa shape index (κ3) is 4.48. The zero-order chi connectivity index (χ0) is 19.8. The van der Waals surface area contributed by atoms with Crippen LogP contribution in [-0.2, 0) is 6.50 Å². The molecule has 0 fully saturated rings. The summed E-state index contributed by atoms with van der Waals surface area (Å²) in [6.07, 6.45) is 0. The normalized spacial score (nSPS) is 17.2. The zero-order valence-electron chi connectivity index (χ0n) is 18.2. The van der Waals surface area contributed by atoms with Crippen molar-refractivity contribution in [3.05, 3.63) is 71.2 Å². The van der Waals surface area contributed by atoms with Crippen molar-refractivity contribution in [2.75, 3.05) is 0 Å². The van der Waals surface area contributed by atoms with E-state index in [1.165, 1.54) is 6.92 Å². The van der Waals surface area contributed by atoms with E-state index >= 15 is 0 Å². The van der Waals surface area contributed by atoms with E-state index in [9.17, 15) is 4.79 Å². The summed E-state index contributed by atoms with van der Waals surface area (Å²) in [6.45, 7) is 0.857. The lowest BCUT2D eigenvalue weighted by Gasteiger charge is -2.13. The quantitative estimate of drug-likeness (QED) is 0.851. The molecule has 0 aromatic heterocycles. The summed E-state index contributed by atoms with van der Waals surface area (Å²) in [5, 5.41) is 2.46. The summed E-state index contributed by atoms with van der Waals surface area (Å²) in [6, 6.07) is 2.73. The average Bonchev–Trinajstić information content (AvgIpc) is 2.57. The van der Waals surface area contributed by atoms with Gasteiger partial charge in [0, 0.05) is 14.8 Å². The number of nitrogens with one attached hydrogen (secondary N) is 1. The van der Waals surface area contributed by atoms with Gasteiger partial charge in [-0.1, -0.05) is 60.0 Å². The van der Waals surface area contributed by atoms with Gasteiger partial charge in [-0.05, 0) is 19.4 Å². The second-order valence-electron chi connectivity index (χ2n) is 4.22. The Morgan fingerprint density at radius 1 is 1.25 bits per heavy atom. The van der Waals surface area contributed by atoms with Crippen molar-refractivity contribution in [3.8, 4) is 0 Å². The van der Waals surface area contributed by atoms with Crippen molar-refractivity contribution in [2.24, 2.45) is 0 Å². The highest BCUT2D eigenvalue weighted by molar-refractivity contribution is 5.99. The summed E-state index contributed by atoms with van der Waals surface area (Å²) in [5.41, 5.74) is 0.858. The van der Waals surface area contributed by atoms with Crippen LogP contribution in [-0.4, -0.2) is 11.8 Å². The molecule has 0 aliphatic heterocycles. The van der Waals surface area contributed by atoms with E-state index in [0.29, 0.717) is 5.56 Å². The Hall–Kier alpha value is -1.64. The Morgan fingerprint density at radius 3 is 2.45 bits per heavy atom. The topological polar surface area (TPSA) is 29.1 Å². The fourth-order valence-corrected chi connectivity index (χ4v) is 1.53. The van der Waals surface area contributed by atoms with Crippen molar-refractivity contribution < 1.29 is 14.4 Å². The molecule has 2 aromatic rings. The maximum absolute atomic E-state index is 12.5. The van der Waals surface area contributed by atoms with Crippen molar-refractivity contribution in [2.45, 2.75) is 26.4 Å². The predicted molar refractivity (Wildman–Crippen MR) is 85.5 cm³/mol. The molecule has 1 atom stereocenters. The number of halogens is 1. The Balaban J connectivity index is 0.00000364. The van der Waals surface area contributed by atoms with Crippen LogP contribution in [0.15, 0.2) is 54.5 Å². The Bertz CT molecular complexity index is 826. The molecule has 0 bridgehead atoms. The molecule has 1 N–H and O–H groups in total. The molecule has 2 rings (SSSR count). The van der Waals surface area contributed by atoms with Gasteiger partial charge < -0.3 is 5.32 Å². The van der Waals surface area contributed by atoms with E-state index in [0.717, 1.165) is 5.56 Å². The fraction of sp³-hybridized carbons (Fsp3) is 0.235. The number of benzene rings is 2. The maximum Gasteiger partial charge on any atom is 0.179 e. The Kier molecular flexibility index (Phi) is 3.37. The van der Waals surface area contributed by atoms with E-state index < -0.39 is 48.3 Å². The Morgan fingerprint density at radius 2 is 1.85 bits per heavy atom. The highest BCUT2D eigenvalue weighted by atomic mass is 35.5. The van der Waals surface area contributed by atoms with Gasteiger partial charge in [0.15, 0.2) is 5.78 Å². The first-order chi connectivity index (χ1) is 12.0. The van der Waals surface area contributed by atoms with Crippen LogP contribution in [0, 0.1) is 6.92 Å². The third-order valence-electron chi connectivity index (χ3n) is 2.64. The molecule has 0 saturated carbocycles. The van der Waals surface area contributed by atoms with E-state index in [2.05, 4.69) is 5.32 Å². The number of hydrogen-bond donors (Lipinski definition) is 1. The van der Waals surface area contributed by atoms with Crippen LogP contribution in [0.1, 0.15) is 38.0 Å². The van der Waals surface area contributed by atoms with Crippen LogP contribution in [0.3, 0.4) is 0 Å². The largest absolute Gasteiger partial charge is 0.303 e. The van der Waals surface area contributed by atoms with Crippen molar-refractivity contribution in [1.29, 1.82) is 0 Å². The molecule has 106 valence electrons. The molecule has 20 heavy (non-hydrogen) atoms. The van der Waals surface area contributed by atoms with Gasteiger partial charge in [-0.2, -0.15) is 0 Å². The summed E-state index contributed by atoms with van der Waals surface area (Å²) in [4.78, 5) is 12.5. The Labute approximate surface area is 136 Å². The minimum atomic E-state index is -2.49. The molecular formula is C17H20ClNO. The molecule has 0 aliphatic carbocycles. The maximum atomic E-state index is 12.5. The van der Waals surface area contributed by atoms with Crippen molar-refractivity contribution in [1.82, 2.24) is 5.32 Å². The minimum absolute atomic E-state index is 0. The SMILES string of the molecule is Cl.[2H]c1c([2H])c([2H])c(C([2H])([2H])NC(C)C(=O)c2ccc(C)cc2)c([2H])c1[2H]. The van der Waals surface area contributed by atoms with Crippen LogP contribution in [0.4, 0.5) is 0 Å². The standard InChI is InChI=1S/C17H19NO.ClH/c1-13-8-10-16(11-9-13)17(19)14(2)18-12-15-6-4-3-5-7-15;/h3-11,14,18H,12H2,1-2H3;1H/i3D,4D,5D,6D,7D,12D2;. The van der Waals surface area contributed by atoms with E-state index in [4.69, 9.17) is 9.60 Å². The number of carbonyl (C=O) groups excluding carboxylic acids is 1. The molecule has 0 spiro atoms. The van der Waals surface area contributed by atoms with Crippen LogP contribution in [0.25, 0.3) is 0 Å². The molecule has 0 saturated heterocycles. The lowest BCUT2D eigenvalue weighted by Crippen LogP contribution is -2.33. The smallest absolute Gasteiger partial charge is 0.179 e. The van der Waals surface area contributed by atoms with Gasteiger partial charge in [-0.3, -0.25) is 4.79 Å². The van der Waals surface area contributed by atoms with E-state index in [1.54, 1.807) is 24.3 Å². The molecule has 0 amide bonds. The monoisotopic (exact) mass is 296 g/mol. The van der Waals surface area contributed by atoms with Crippen LogP contribution in [0.5, 0.6) is 0 Å². The molecule has 3 heteroatoms. The number of rotatable bonds is 5. The van der Waals surface area contributed by atoms with Crippen LogP contribution >= 0.6 is 12.4 Å². The summed E-state index contributed by atoms with van der Waals surface area (Å²) < 4.78 is 55.0. The number of ketones is 1. The molecule has 2 nitrogen and oxygen atoms in total. The van der Waals surface area contributed by atoms with Gasteiger partial charge in [0.05, 0.1) is 12.9 Å². The number of carbonyl (C=O) groups is 1. The van der Waals surface area contributed by atoms with E-state index in [-0.39, 0.29) is 18.2 Å². The summed E-state index contributed by atoms with van der Waals surface area (Å²) in [5.74, 6) is -0.360. The van der Waals surface area contributed by atoms with Gasteiger partial charge in [-0.15, -0.1) is 12.4 Å². The lowest BCUT2D eigenvalue weighted by molar-refractivity contribution is 0.0950. The zero-order valence-corrected chi connectivity index (χ0v) is 12.0. The third-order valence-corrected chi connectivity index (χ3v) is 2.64. The molecule has 0 heterocycles. The first kappa shape index (κ1) is 8.60. The van der Waals surface area contributed by atoms with Crippen molar-refractivity contribution >= 4 is 18.2 Å². The highest BCUT2D eigenvalue weighted by Crippen LogP contribution is 2.07. The highest BCUT2D eigenvalue weighted by Gasteiger charge is 2.14. The molecular weight excluding hydrogens is 270 g/mol. The van der Waals surface area contributed by atoms with Gasteiger partial charge >= 0.3 is 0 Å². The fourth-order valence-electron chi connectivity index (χ4n) is 1.53. The summed E-state index contributed by atoms with van der Waals surface area (Å²) in [7, 11) is 0. The first-order valence-corrected chi connectivity index (χ1v) is 5.93. The second kappa shape index (κ2) is 7.83. The van der Waals surface area contributed by atoms with Gasteiger partial charge in [0.25, 0.3) is 0 Å². The number of Topliss-reactive ketones (excluding diaryl/α,β-unsaturated/α-hetero) is 1. The lowest BCUT2D eigenvalue weighted by atomic mass is 10.0. The summed E-state index contributed by atoms with van der Waals surface area (Å²) >= 11 is 0. The average molecular weight is 297 g/mol.